The van der Waals surface area contributed by atoms with Crippen molar-refractivity contribution in [2.45, 2.75) is 0 Å². The normalized spacial score (nSPS) is 9.33. The van der Waals surface area contributed by atoms with Crippen LogP contribution in [0.3, 0.4) is 0 Å². The SMILES string of the molecule is Cl.Nc1ccc(-c2c[nH]c(=O)cn2)cc1. The topological polar surface area (TPSA) is 71.8 Å². The van der Waals surface area contributed by atoms with Gasteiger partial charge in [0.2, 0.25) is 0 Å². The molecule has 0 spiro atoms. The van der Waals surface area contributed by atoms with E-state index in [1.165, 1.54) is 6.20 Å². The Morgan fingerprint density at radius 3 is 2.40 bits per heavy atom. The lowest BCUT2D eigenvalue weighted by Gasteiger charge is -1.99. The molecule has 2 rings (SSSR count). The number of nitrogen functional groups attached to an aromatic ring is 1. The Balaban J connectivity index is 0.00000112. The number of H-pyrrole nitrogens is 1. The highest BCUT2D eigenvalue weighted by atomic mass is 35.5. The van der Waals surface area contributed by atoms with Crippen LogP contribution in [-0.4, -0.2) is 9.97 Å². The predicted octanol–water partition coefficient (Wildman–Crippen LogP) is 1.44. The van der Waals surface area contributed by atoms with Crippen molar-refractivity contribution in [1.82, 2.24) is 9.97 Å². The molecule has 15 heavy (non-hydrogen) atoms. The molecule has 0 aliphatic carbocycles. The maximum absolute atomic E-state index is 10.8. The van der Waals surface area contributed by atoms with Crippen molar-refractivity contribution in [3.8, 4) is 11.3 Å². The minimum Gasteiger partial charge on any atom is -0.399 e. The number of hydrogen-bond donors (Lipinski definition) is 2. The molecule has 0 aliphatic rings. The Morgan fingerprint density at radius 2 is 1.87 bits per heavy atom. The average molecular weight is 224 g/mol. The van der Waals surface area contributed by atoms with Gasteiger partial charge in [0, 0.05) is 17.4 Å². The molecule has 0 saturated carbocycles. The molecule has 0 saturated heterocycles. The van der Waals surface area contributed by atoms with Gasteiger partial charge in [-0.15, -0.1) is 12.4 Å². The van der Waals surface area contributed by atoms with Gasteiger partial charge in [-0.1, -0.05) is 12.1 Å². The van der Waals surface area contributed by atoms with Gasteiger partial charge in [-0.3, -0.25) is 4.79 Å². The molecule has 0 amide bonds. The van der Waals surface area contributed by atoms with E-state index >= 15 is 0 Å². The lowest BCUT2D eigenvalue weighted by molar-refractivity contribution is 1.14. The van der Waals surface area contributed by atoms with E-state index in [0.717, 1.165) is 11.3 Å². The summed E-state index contributed by atoms with van der Waals surface area (Å²) in [6, 6.07) is 7.30. The van der Waals surface area contributed by atoms with Gasteiger partial charge in [0.25, 0.3) is 5.56 Å². The fourth-order valence-electron chi connectivity index (χ4n) is 1.15. The second-order valence-corrected chi connectivity index (χ2v) is 2.92. The first-order chi connectivity index (χ1) is 6.75. The number of nitrogens with zero attached hydrogens (tertiary/aromatic N) is 1. The van der Waals surface area contributed by atoms with Crippen LogP contribution < -0.4 is 11.3 Å². The van der Waals surface area contributed by atoms with Crippen LogP contribution in [0.2, 0.25) is 0 Å². The number of hydrogen-bond acceptors (Lipinski definition) is 3. The summed E-state index contributed by atoms with van der Waals surface area (Å²) in [6.45, 7) is 0. The number of rotatable bonds is 1. The van der Waals surface area contributed by atoms with Crippen LogP contribution in [0.25, 0.3) is 11.3 Å². The summed E-state index contributed by atoms with van der Waals surface area (Å²) in [7, 11) is 0. The zero-order chi connectivity index (χ0) is 9.97. The first-order valence-corrected chi connectivity index (χ1v) is 4.16. The summed E-state index contributed by atoms with van der Waals surface area (Å²) < 4.78 is 0. The van der Waals surface area contributed by atoms with E-state index in [4.69, 9.17) is 5.73 Å². The molecule has 78 valence electrons. The van der Waals surface area contributed by atoms with Gasteiger partial charge >= 0.3 is 0 Å². The minimum atomic E-state index is -0.204. The average Bonchev–Trinajstić information content (AvgIpc) is 2.21. The Labute approximate surface area is 92.6 Å². The van der Waals surface area contributed by atoms with E-state index in [0.29, 0.717) is 5.69 Å². The molecule has 2 aromatic rings. The second-order valence-electron chi connectivity index (χ2n) is 2.92. The highest BCUT2D eigenvalue weighted by Crippen LogP contribution is 2.15. The van der Waals surface area contributed by atoms with Gasteiger partial charge in [-0.2, -0.15) is 0 Å². The maximum atomic E-state index is 10.8. The van der Waals surface area contributed by atoms with E-state index in [1.807, 2.05) is 12.1 Å². The number of aromatic nitrogens is 2. The number of benzene rings is 1. The molecular weight excluding hydrogens is 214 g/mol. The van der Waals surface area contributed by atoms with Crippen molar-refractivity contribution in [3.05, 3.63) is 47.0 Å². The van der Waals surface area contributed by atoms with Crippen molar-refractivity contribution in [2.24, 2.45) is 0 Å². The molecule has 4 nitrogen and oxygen atoms in total. The Kier molecular flexibility index (Phi) is 3.46. The summed E-state index contributed by atoms with van der Waals surface area (Å²) in [5.74, 6) is 0. The predicted molar refractivity (Wildman–Crippen MR) is 62.0 cm³/mol. The summed E-state index contributed by atoms with van der Waals surface area (Å²) in [5, 5.41) is 0. The van der Waals surface area contributed by atoms with Crippen molar-refractivity contribution in [2.75, 3.05) is 5.73 Å². The van der Waals surface area contributed by atoms with Crippen molar-refractivity contribution >= 4 is 18.1 Å². The van der Waals surface area contributed by atoms with E-state index < -0.39 is 0 Å². The quantitative estimate of drug-likeness (QED) is 0.719. The van der Waals surface area contributed by atoms with Crippen LogP contribution >= 0.6 is 12.4 Å². The molecule has 0 atom stereocenters. The van der Waals surface area contributed by atoms with Gasteiger partial charge in [-0.25, -0.2) is 4.98 Å². The molecule has 0 bridgehead atoms. The molecule has 0 unspecified atom stereocenters. The molecular formula is C10H10ClN3O. The molecule has 0 fully saturated rings. The van der Waals surface area contributed by atoms with Crippen molar-refractivity contribution < 1.29 is 0 Å². The third-order valence-electron chi connectivity index (χ3n) is 1.88. The van der Waals surface area contributed by atoms with Crippen LogP contribution in [0.15, 0.2) is 41.5 Å². The smallest absolute Gasteiger partial charge is 0.266 e. The maximum Gasteiger partial charge on any atom is 0.266 e. The molecule has 3 N–H and O–H groups in total. The third kappa shape index (κ3) is 2.57. The molecule has 1 aromatic carbocycles. The largest absolute Gasteiger partial charge is 0.399 e. The first kappa shape index (κ1) is 11.3. The minimum absolute atomic E-state index is 0. The number of anilines is 1. The van der Waals surface area contributed by atoms with Gasteiger partial charge in [0.15, 0.2) is 0 Å². The standard InChI is InChI=1S/C10H9N3O.ClH/c11-8-3-1-7(2-4-8)9-5-13-10(14)6-12-9;/h1-6H,11H2,(H,13,14);1H. The fourth-order valence-corrected chi connectivity index (χ4v) is 1.15. The van der Waals surface area contributed by atoms with Crippen LogP contribution in [0.4, 0.5) is 5.69 Å². The van der Waals surface area contributed by atoms with Crippen molar-refractivity contribution in [1.29, 1.82) is 0 Å². The lowest BCUT2D eigenvalue weighted by atomic mass is 10.1. The molecule has 5 heteroatoms. The summed E-state index contributed by atoms with van der Waals surface area (Å²) in [4.78, 5) is 17.3. The van der Waals surface area contributed by atoms with Crippen LogP contribution in [0, 0.1) is 0 Å². The van der Waals surface area contributed by atoms with Crippen molar-refractivity contribution in [3.63, 3.8) is 0 Å². The second kappa shape index (κ2) is 4.61. The van der Waals surface area contributed by atoms with Gasteiger partial charge < -0.3 is 10.7 Å². The van der Waals surface area contributed by atoms with Gasteiger partial charge in [-0.05, 0) is 12.1 Å². The Bertz CT molecular complexity index is 472. The number of nitrogens with one attached hydrogen (secondary N) is 1. The molecule has 0 radical (unpaired) electrons. The monoisotopic (exact) mass is 223 g/mol. The highest BCUT2D eigenvalue weighted by molar-refractivity contribution is 5.85. The Morgan fingerprint density at radius 1 is 1.20 bits per heavy atom. The van der Waals surface area contributed by atoms with E-state index in [1.54, 1.807) is 18.3 Å². The van der Waals surface area contributed by atoms with Gasteiger partial charge in [0.05, 0.1) is 11.9 Å². The van der Waals surface area contributed by atoms with E-state index in [9.17, 15) is 4.79 Å². The third-order valence-corrected chi connectivity index (χ3v) is 1.88. The summed E-state index contributed by atoms with van der Waals surface area (Å²) in [5.41, 5.74) is 7.71. The number of nitrogens with two attached hydrogens (primary N) is 1. The Hall–Kier alpha value is -1.81. The lowest BCUT2D eigenvalue weighted by Crippen LogP contribution is -2.04. The number of aromatic amines is 1. The molecule has 1 aromatic heterocycles. The van der Waals surface area contributed by atoms with E-state index in [2.05, 4.69) is 9.97 Å². The van der Waals surface area contributed by atoms with Crippen LogP contribution in [0.1, 0.15) is 0 Å². The zero-order valence-electron chi connectivity index (χ0n) is 7.81. The summed E-state index contributed by atoms with van der Waals surface area (Å²) >= 11 is 0. The summed E-state index contributed by atoms with van der Waals surface area (Å²) in [6.07, 6.45) is 2.83. The fraction of sp³-hybridized carbons (Fsp3) is 0. The van der Waals surface area contributed by atoms with Crippen LogP contribution in [0.5, 0.6) is 0 Å². The molecule has 1 heterocycles. The highest BCUT2D eigenvalue weighted by Gasteiger charge is 1.97. The first-order valence-electron chi connectivity index (χ1n) is 4.16. The molecule has 0 aliphatic heterocycles. The van der Waals surface area contributed by atoms with Crippen LogP contribution in [-0.2, 0) is 0 Å². The van der Waals surface area contributed by atoms with Gasteiger partial charge in [0.1, 0.15) is 0 Å². The zero-order valence-corrected chi connectivity index (χ0v) is 8.62. The number of halogens is 1. The van der Waals surface area contributed by atoms with E-state index in [-0.39, 0.29) is 18.0 Å².